The van der Waals surface area contributed by atoms with Gasteiger partial charge in [0.05, 0.1) is 11.1 Å². The molecule has 3 heterocycles. The van der Waals surface area contributed by atoms with Gasteiger partial charge in [-0.15, -0.1) is 11.3 Å². The van der Waals surface area contributed by atoms with Crippen LogP contribution in [-0.2, 0) is 9.59 Å². The molecule has 28 heavy (non-hydrogen) atoms. The lowest BCUT2D eigenvalue weighted by molar-refractivity contribution is -0.138. The third-order valence-electron chi connectivity index (χ3n) is 5.20. The maximum atomic E-state index is 13.1. The number of nitrogens with zero attached hydrogens (tertiary/aromatic N) is 3. The van der Waals surface area contributed by atoms with Crippen molar-refractivity contribution in [3.63, 3.8) is 0 Å². The third-order valence-corrected chi connectivity index (χ3v) is 7.23. The number of likely N-dealkylation sites (tertiary alicyclic amines) is 1. The van der Waals surface area contributed by atoms with E-state index in [-0.39, 0.29) is 23.3 Å². The number of thiophene rings is 1. The summed E-state index contributed by atoms with van der Waals surface area (Å²) in [6.45, 7) is 8.34. The van der Waals surface area contributed by atoms with Crippen molar-refractivity contribution in [3.8, 4) is 0 Å². The van der Waals surface area contributed by atoms with Crippen LogP contribution >= 0.6 is 23.1 Å². The zero-order chi connectivity index (χ0) is 20.6. The minimum atomic E-state index is -0.535. The first-order chi connectivity index (χ1) is 13.2. The summed E-state index contributed by atoms with van der Waals surface area (Å²) in [6.07, 6.45) is 2.38. The number of carbonyl (C=O) groups is 2. The Kier molecular flexibility index (Phi) is 6.14. The van der Waals surface area contributed by atoms with Gasteiger partial charge >= 0.3 is 0 Å². The van der Waals surface area contributed by atoms with Crippen molar-refractivity contribution >= 4 is 45.1 Å². The van der Waals surface area contributed by atoms with Crippen molar-refractivity contribution in [2.24, 2.45) is 5.73 Å². The van der Waals surface area contributed by atoms with Crippen molar-refractivity contribution in [2.75, 3.05) is 12.3 Å². The molecule has 2 aromatic rings. The van der Waals surface area contributed by atoms with Gasteiger partial charge in [-0.25, -0.2) is 4.98 Å². The summed E-state index contributed by atoms with van der Waals surface area (Å²) in [5, 5.41) is 1.20. The lowest BCUT2D eigenvalue weighted by Gasteiger charge is -2.33. The standard InChI is InChI=1S/C19H26N4O3S2/c1-10(2)23-18(26)15-11(3)12(4)28-17(15)21-19(23)27-9-14(24)22-8-6-5-7-13(22)16(20)25/h10,13H,5-9H2,1-4H3,(H2,20,25)/t13-/m0/s1. The monoisotopic (exact) mass is 422 g/mol. The van der Waals surface area contributed by atoms with E-state index in [2.05, 4.69) is 0 Å². The summed E-state index contributed by atoms with van der Waals surface area (Å²) in [6, 6.07) is -0.609. The molecular weight excluding hydrogens is 396 g/mol. The van der Waals surface area contributed by atoms with E-state index in [1.54, 1.807) is 9.47 Å². The van der Waals surface area contributed by atoms with Crippen LogP contribution in [0.4, 0.5) is 0 Å². The van der Waals surface area contributed by atoms with Gasteiger partial charge in [-0.3, -0.25) is 19.0 Å². The first-order valence-corrected chi connectivity index (χ1v) is 11.3. The smallest absolute Gasteiger partial charge is 0.263 e. The molecular formula is C19H26N4O3S2. The molecule has 0 aromatic carbocycles. The molecule has 2 amide bonds. The zero-order valence-electron chi connectivity index (χ0n) is 16.7. The highest BCUT2D eigenvalue weighted by Gasteiger charge is 2.30. The van der Waals surface area contributed by atoms with Crippen molar-refractivity contribution in [3.05, 3.63) is 20.8 Å². The van der Waals surface area contributed by atoms with Gasteiger partial charge in [-0.1, -0.05) is 11.8 Å². The predicted octanol–water partition coefficient (Wildman–Crippen LogP) is 2.61. The number of primary amides is 1. The lowest BCUT2D eigenvalue weighted by Crippen LogP contribution is -2.51. The van der Waals surface area contributed by atoms with E-state index >= 15 is 0 Å². The van der Waals surface area contributed by atoms with E-state index in [1.165, 1.54) is 23.1 Å². The number of hydrogen-bond acceptors (Lipinski definition) is 6. The van der Waals surface area contributed by atoms with Crippen LogP contribution in [0, 0.1) is 13.8 Å². The summed E-state index contributed by atoms with van der Waals surface area (Å²) >= 11 is 2.75. The molecule has 1 saturated heterocycles. The topological polar surface area (TPSA) is 98.3 Å². The summed E-state index contributed by atoms with van der Waals surface area (Å²) in [5.41, 5.74) is 6.37. The number of fused-ring (bicyclic) bond motifs is 1. The number of carbonyl (C=O) groups excluding carboxylic acids is 2. The highest BCUT2D eigenvalue weighted by Crippen LogP contribution is 2.30. The quantitative estimate of drug-likeness (QED) is 0.590. The molecule has 7 nitrogen and oxygen atoms in total. The minimum absolute atomic E-state index is 0.0650. The van der Waals surface area contributed by atoms with E-state index in [4.69, 9.17) is 10.7 Å². The van der Waals surface area contributed by atoms with Gasteiger partial charge in [-0.05, 0) is 52.5 Å². The first-order valence-electron chi connectivity index (χ1n) is 9.46. The minimum Gasteiger partial charge on any atom is -0.368 e. The zero-order valence-corrected chi connectivity index (χ0v) is 18.3. The number of piperidine rings is 1. The second kappa shape index (κ2) is 8.24. The molecule has 0 bridgehead atoms. The Bertz CT molecular complexity index is 980. The molecule has 1 aliphatic rings. The van der Waals surface area contributed by atoms with Crippen LogP contribution in [0.5, 0.6) is 0 Å². The van der Waals surface area contributed by atoms with E-state index in [1.807, 2.05) is 27.7 Å². The molecule has 0 spiro atoms. The van der Waals surface area contributed by atoms with Gasteiger partial charge in [0.25, 0.3) is 5.56 Å². The molecule has 152 valence electrons. The number of aromatic nitrogens is 2. The molecule has 1 aliphatic heterocycles. The average molecular weight is 423 g/mol. The fourth-order valence-corrected chi connectivity index (χ4v) is 5.66. The van der Waals surface area contributed by atoms with Crippen LogP contribution in [0.1, 0.15) is 49.6 Å². The van der Waals surface area contributed by atoms with Gasteiger partial charge in [0.2, 0.25) is 11.8 Å². The number of nitrogens with two attached hydrogens (primary N) is 1. The number of rotatable bonds is 5. The van der Waals surface area contributed by atoms with Crippen molar-refractivity contribution in [1.82, 2.24) is 14.5 Å². The van der Waals surface area contributed by atoms with E-state index in [0.29, 0.717) is 28.3 Å². The fraction of sp³-hybridized carbons (Fsp3) is 0.579. The summed E-state index contributed by atoms with van der Waals surface area (Å²) in [5.74, 6) is -0.476. The molecule has 0 radical (unpaired) electrons. The van der Waals surface area contributed by atoms with Crippen LogP contribution < -0.4 is 11.3 Å². The maximum absolute atomic E-state index is 13.1. The number of hydrogen-bond donors (Lipinski definition) is 1. The van der Waals surface area contributed by atoms with Gasteiger partial charge in [0, 0.05) is 17.5 Å². The van der Waals surface area contributed by atoms with Crippen molar-refractivity contribution in [2.45, 2.75) is 64.2 Å². The van der Waals surface area contributed by atoms with Crippen LogP contribution in [-0.4, -0.2) is 44.6 Å². The molecule has 2 aromatic heterocycles. The molecule has 2 N–H and O–H groups in total. The highest BCUT2D eigenvalue weighted by molar-refractivity contribution is 7.99. The largest absolute Gasteiger partial charge is 0.368 e. The van der Waals surface area contributed by atoms with Crippen LogP contribution in [0.25, 0.3) is 10.2 Å². The van der Waals surface area contributed by atoms with Crippen molar-refractivity contribution < 1.29 is 9.59 Å². The molecule has 0 aliphatic carbocycles. The highest BCUT2D eigenvalue weighted by atomic mass is 32.2. The lowest BCUT2D eigenvalue weighted by atomic mass is 10.0. The summed E-state index contributed by atoms with van der Waals surface area (Å²) < 4.78 is 1.65. The number of thioether (sulfide) groups is 1. The fourth-order valence-electron chi connectivity index (χ4n) is 3.58. The number of amides is 2. The molecule has 9 heteroatoms. The van der Waals surface area contributed by atoms with Crippen molar-refractivity contribution in [1.29, 1.82) is 0 Å². The molecule has 3 rings (SSSR count). The first kappa shape index (κ1) is 20.9. The Morgan fingerprint density at radius 2 is 2.04 bits per heavy atom. The summed E-state index contributed by atoms with van der Waals surface area (Å²) in [7, 11) is 0. The van der Waals surface area contributed by atoms with Gasteiger partial charge in [-0.2, -0.15) is 0 Å². The second-order valence-corrected chi connectivity index (χ2v) is 9.56. The molecule has 1 fully saturated rings. The Morgan fingerprint density at radius 3 is 2.68 bits per heavy atom. The normalized spacial score (nSPS) is 17.5. The molecule has 0 unspecified atom stereocenters. The Labute approximate surface area is 172 Å². The number of aryl methyl sites for hydroxylation is 2. The van der Waals surface area contributed by atoms with Crippen LogP contribution in [0.2, 0.25) is 0 Å². The Hall–Kier alpha value is -1.87. The van der Waals surface area contributed by atoms with Gasteiger partial charge < -0.3 is 10.6 Å². The van der Waals surface area contributed by atoms with Crippen LogP contribution in [0.3, 0.4) is 0 Å². The van der Waals surface area contributed by atoms with E-state index in [9.17, 15) is 14.4 Å². The van der Waals surface area contributed by atoms with E-state index in [0.717, 1.165) is 23.3 Å². The Balaban J connectivity index is 1.89. The average Bonchev–Trinajstić information content (AvgIpc) is 2.93. The Morgan fingerprint density at radius 1 is 1.32 bits per heavy atom. The molecule has 1 atom stereocenters. The maximum Gasteiger partial charge on any atom is 0.263 e. The summed E-state index contributed by atoms with van der Waals surface area (Å²) in [4.78, 5) is 45.6. The van der Waals surface area contributed by atoms with E-state index < -0.39 is 11.9 Å². The molecule has 0 saturated carbocycles. The third kappa shape index (κ3) is 3.82. The predicted molar refractivity (Wildman–Crippen MR) is 113 cm³/mol. The SMILES string of the molecule is Cc1sc2nc(SCC(=O)N3CCCC[C@H]3C(N)=O)n(C(C)C)c(=O)c2c1C. The van der Waals surface area contributed by atoms with Gasteiger partial charge in [0.15, 0.2) is 5.16 Å². The van der Waals surface area contributed by atoms with Gasteiger partial charge in [0.1, 0.15) is 10.9 Å². The van der Waals surface area contributed by atoms with Crippen LogP contribution in [0.15, 0.2) is 9.95 Å². The second-order valence-electron chi connectivity index (χ2n) is 7.42.